The van der Waals surface area contributed by atoms with Gasteiger partial charge < -0.3 is 25.8 Å². The van der Waals surface area contributed by atoms with Crippen LogP contribution in [0.3, 0.4) is 0 Å². The molecule has 1 aliphatic rings. The van der Waals surface area contributed by atoms with E-state index in [9.17, 15) is 14.6 Å². The number of nitrogen functional groups attached to an aromatic ring is 1. The number of halogens is 1. The lowest BCUT2D eigenvalue weighted by atomic mass is 10.1. The summed E-state index contributed by atoms with van der Waals surface area (Å²) in [5.74, 6) is -2.64. The highest BCUT2D eigenvalue weighted by atomic mass is 19.2. The molecule has 0 aromatic carbocycles. The van der Waals surface area contributed by atoms with Gasteiger partial charge in [0.1, 0.15) is 31.2 Å². The standard InChI is InChI=1S/C10H12FN5O4/c11-10(2-17)7(19)5(18)6(20-10)4-1-13-9-8(12)14-3-15-16(4)9/h1,3,5-7,17-19H,2H2,(H2,12,14,15)/t5-,6-,7-,10+/m0/s1. The van der Waals surface area contributed by atoms with Gasteiger partial charge in [-0.15, -0.1) is 0 Å². The Labute approximate surface area is 111 Å². The third kappa shape index (κ3) is 1.66. The molecule has 108 valence electrons. The van der Waals surface area contributed by atoms with Crippen LogP contribution >= 0.6 is 0 Å². The van der Waals surface area contributed by atoms with Crippen LogP contribution in [0, 0.1) is 0 Å². The Morgan fingerprint density at radius 1 is 1.45 bits per heavy atom. The fourth-order valence-corrected chi connectivity index (χ4v) is 2.18. The number of aliphatic hydroxyl groups is 3. The Bertz CT molecular complexity index is 652. The van der Waals surface area contributed by atoms with Gasteiger partial charge in [0.05, 0.1) is 11.9 Å². The molecule has 0 amide bonds. The second kappa shape index (κ2) is 4.31. The monoisotopic (exact) mass is 285 g/mol. The van der Waals surface area contributed by atoms with Crippen LogP contribution in [0.15, 0.2) is 12.5 Å². The van der Waals surface area contributed by atoms with Crippen LogP contribution in [0.5, 0.6) is 0 Å². The summed E-state index contributed by atoms with van der Waals surface area (Å²) < 4.78 is 20.2. The van der Waals surface area contributed by atoms with Gasteiger partial charge in [-0.1, -0.05) is 0 Å². The van der Waals surface area contributed by atoms with E-state index in [0.29, 0.717) is 0 Å². The Morgan fingerprint density at radius 2 is 2.20 bits per heavy atom. The highest BCUT2D eigenvalue weighted by Gasteiger charge is 2.56. The Morgan fingerprint density at radius 3 is 2.85 bits per heavy atom. The molecule has 3 heterocycles. The number of alkyl halides is 1. The quantitative estimate of drug-likeness (QED) is 0.504. The number of ether oxygens (including phenoxy) is 1. The smallest absolute Gasteiger partial charge is 0.262 e. The SMILES string of the molecule is Nc1ncnn2c([C@@H]3O[C@](F)(CO)[C@@H](O)[C@H]3O)cnc12. The van der Waals surface area contributed by atoms with Crippen LogP contribution in [0.2, 0.25) is 0 Å². The molecule has 0 radical (unpaired) electrons. The summed E-state index contributed by atoms with van der Waals surface area (Å²) in [6.07, 6.45) is -2.26. The molecule has 0 spiro atoms. The third-order valence-electron chi connectivity index (χ3n) is 3.26. The topological polar surface area (TPSA) is 139 Å². The minimum atomic E-state index is -2.74. The highest BCUT2D eigenvalue weighted by Crippen LogP contribution is 2.40. The van der Waals surface area contributed by atoms with Crippen molar-refractivity contribution >= 4 is 11.5 Å². The fourth-order valence-electron chi connectivity index (χ4n) is 2.18. The predicted octanol–water partition coefficient (Wildman–Crippen LogP) is -1.84. The second-order valence-corrected chi connectivity index (χ2v) is 4.48. The Balaban J connectivity index is 2.06. The summed E-state index contributed by atoms with van der Waals surface area (Å²) in [5.41, 5.74) is 6.01. The Hall–Kier alpha value is -1.88. The number of rotatable bonds is 2. The maximum atomic E-state index is 14.0. The highest BCUT2D eigenvalue weighted by molar-refractivity contribution is 5.58. The largest absolute Gasteiger partial charge is 0.390 e. The lowest BCUT2D eigenvalue weighted by Gasteiger charge is -2.19. The zero-order valence-corrected chi connectivity index (χ0v) is 10.1. The molecule has 10 heteroatoms. The molecule has 2 aromatic rings. The number of nitrogens with two attached hydrogens (primary N) is 1. The van der Waals surface area contributed by atoms with Crippen molar-refractivity contribution in [2.75, 3.05) is 12.3 Å². The Kier molecular flexibility index (Phi) is 2.83. The number of hydrogen-bond donors (Lipinski definition) is 4. The summed E-state index contributed by atoms with van der Waals surface area (Å²) in [5, 5.41) is 32.3. The van der Waals surface area contributed by atoms with Crippen molar-refractivity contribution in [2.24, 2.45) is 0 Å². The van der Waals surface area contributed by atoms with Gasteiger partial charge in [0, 0.05) is 0 Å². The number of hydrogen-bond acceptors (Lipinski definition) is 8. The first-order valence-electron chi connectivity index (χ1n) is 5.76. The van der Waals surface area contributed by atoms with E-state index in [1.165, 1.54) is 17.0 Å². The zero-order chi connectivity index (χ0) is 14.5. The van der Waals surface area contributed by atoms with Gasteiger partial charge in [-0.2, -0.15) is 5.10 Å². The predicted molar refractivity (Wildman–Crippen MR) is 62.0 cm³/mol. The first-order chi connectivity index (χ1) is 9.48. The fraction of sp³-hybridized carbons (Fsp3) is 0.500. The molecular weight excluding hydrogens is 273 g/mol. The van der Waals surface area contributed by atoms with Crippen molar-refractivity contribution in [1.29, 1.82) is 0 Å². The van der Waals surface area contributed by atoms with E-state index in [1.807, 2.05) is 0 Å². The van der Waals surface area contributed by atoms with E-state index in [4.69, 9.17) is 15.6 Å². The molecule has 4 atom stereocenters. The number of aliphatic hydroxyl groups excluding tert-OH is 3. The molecule has 0 bridgehead atoms. The maximum Gasteiger partial charge on any atom is 0.262 e. The average molecular weight is 285 g/mol. The number of anilines is 1. The van der Waals surface area contributed by atoms with Gasteiger partial charge in [0.2, 0.25) is 0 Å². The van der Waals surface area contributed by atoms with Crippen LogP contribution in [0.4, 0.5) is 10.2 Å². The van der Waals surface area contributed by atoms with Gasteiger partial charge in [-0.05, 0) is 0 Å². The molecule has 1 saturated heterocycles. The van der Waals surface area contributed by atoms with Crippen LogP contribution < -0.4 is 5.73 Å². The minimum absolute atomic E-state index is 0.105. The zero-order valence-electron chi connectivity index (χ0n) is 10.1. The lowest BCUT2D eigenvalue weighted by molar-refractivity contribution is -0.197. The summed E-state index contributed by atoms with van der Waals surface area (Å²) in [4.78, 5) is 7.69. The van der Waals surface area contributed by atoms with Gasteiger partial charge in [-0.25, -0.2) is 18.9 Å². The van der Waals surface area contributed by atoms with E-state index < -0.39 is 30.8 Å². The summed E-state index contributed by atoms with van der Waals surface area (Å²) in [7, 11) is 0. The number of aromatic nitrogens is 4. The van der Waals surface area contributed by atoms with Crippen LogP contribution in [0.1, 0.15) is 11.8 Å². The molecule has 3 rings (SSSR count). The van der Waals surface area contributed by atoms with Gasteiger partial charge in [0.15, 0.2) is 11.5 Å². The van der Waals surface area contributed by atoms with E-state index in [0.717, 1.165) is 0 Å². The summed E-state index contributed by atoms with van der Waals surface area (Å²) >= 11 is 0. The first kappa shape index (κ1) is 13.1. The summed E-state index contributed by atoms with van der Waals surface area (Å²) in [6.45, 7) is -1.09. The second-order valence-electron chi connectivity index (χ2n) is 4.48. The normalized spacial score (nSPS) is 33.9. The molecule has 1 fully saturated rings. The van der Waals surface area contributed by atoms with Crippen LogP contribution in [0.25, 0.3) is 5.65 Å². The molecule has 20 heavy (non-hydrogen) atoms. The summed E-state index contributed by atoms with van der Waals surface area (Å²) in [6, 6.07) is 0. The molecule has 5 N–H and O–H groups in total. The lowest BCUT2D eigenvalue weighted by Crippen LogP contribution is -2.42. The molecule has 2 aromatic heterocycles. The van der Waals surface area contributed by atoms with Crippen molar-refractivity contribution in [3.05, 3.63) is 18.2 Å². The van der Waals surface area contributed by atoms with Crippen molar-refractivity contribution in [3.63, 3.8) is 0 Å². The molecule has 0 aliphatic carbocycles. The van der Waals surface area contributed by atoms with E-state index in [1.54, 1.807) is 0 Å². The number of nitrogens with zero attached hydrogens (tertiary/aromatic N) is 4. The van der Waals surface area contributed by atoms with E-state index in [2.05, 4.69) is 15.1 Å². The molecule has 0 unspecified atom stereocenters. The van der Waals surface area contributed by atoms with Crippen molar-refractivity contribution in [3.8, 4) is 0 Å². The van der Waals surface area contributed by atoms with E-state index in [-0.39, 0.29) is 17.2 Å². The molecule has 9 nitrogen and oxygen atoms in total. The first-order valence-corrected chi connectivity index (χ1v) is 5.76. The number of fused-ring (bicyclic) bond motifs is 1. The average Bonchev–Trinajstić information content (AvgIpc) is 2.96. The van der Waals surface area contributed by atoms with Gasteiger partial charge >= 0.3 is 0 Å². The van der Waals surface area contributed by atoms with Crippen molar-refractivity contribution in [2.45, 2.75) is 24.2 Å². The molecule has 1 aliphatic heterocycles. The molecular formula is C10H12FN5O4. The molecule has 0 saturated carbocycles. The van der Waals surface area contributed by atoms with Gasteiger partial charge in [-0.3, -0.25) is 0 Å². The van der Waals surface area contributed by atoms with Crippen LogP contribution in [-0.4, -0.2) is 59.6 Å². The third-order valence-corrected chi connectivity index (χ3v) is 3.26. The van der Waals surface area contributed by atoms with Gasteiger partial charge in [0.25, 0.3) is 5.85 Å². The minimum Gasteiger partial charge on any atom is -0.390 e. The van der Waals surface area contributed by atoms with E-state index >= 15 is 0 Å². The van der Waals surface area contributed by atoms with Crippen molar-refractivity contribution in [1.82, 2.24) is 19.6 Å². The van der Waals surface area contributed by atoms with Crippen LogP contribution in [-0.2, 0) is 4.74 Å². The maximum absolute atomic E-state index is 14.0. The van der Waals surface area contributed by atoms with Crippen molar-refractivity contribution < 1.29 is 24.4 Å². The number of imidazole rings is 1.